The molecule has 1 aromatic heterocycles. The number of halogens is 1. The summed E-state index contributed by atoms with van der Waals surface area (Å²) in [7, 11) is 0. The van der Waals surface area contributed by atoms with Gasteiger partial charge in [0, 0.05) is 28.6 Å². The number of hydrogen-bond acceptors (Lipinski definition) is 3. The molecule has 78 valence electrons. The van der Waals surface area contributed by atoms with E-state index in [9.17, 15) is 4.79 Å². The van der Waals surface area contributed by atoms with Crippen molar-refractivity contribution in [2.75, 3.05) is 5.75 Å². The minimum atomic E-state index is 0.0337. The van der Waals surface area contributed by atoms with E-state index in [0.29, 0.717) is 10.8 Å². The second kappa shape index (κ2) is 4.24. The van der Waals surface area contributed by atoms with Crippen LogP contribution < -0.4 is 5.32 Å². The molecule has 1 aliphatic heterocycles. The Morgan fingerprint density at radius 3 is 3.07 bits per heavy atom. The number of hydrogen-bond donors (Lipinski definition) is 1. The smallest absolute Gasteiger partial charge is 0.234 e. The van der Waals surface area contributed by atoms with E-state index < -0.39 is 0 Å². The standard InChI is InChI=1S/C10H9ClN2OS/c1-6-10(15-5-9(14)13-6)7-2-3-12-4-8(7)11/h2-4H,5H2,1H3,(H,13,14). The summed E-state index contributed by atoms with van der Waals surface area (Å²) in [6.07, 6.45) is 3.30. The predicted molar refractivity (Wildman–Crippen MR) is 62.4 cm³/mol. The van der Waals surface area contributed by atoms with E-state index in [1.165, 1.54) is 11.8 Å². The molecule has 0 bridgehead atoms. The number of pyridine rings is 1. The van der Waals surface area contributed by atoms with Crippen LogP contribution in [0.5, 0.6) is 0 Å². The van der Waals surface area contributed by atoms with Crippen molar-refractivity contribution in [1.82, 2.24) is 10.3 Å². The number of aromatic nitrogens is 1. The minimum absolute atomic E-state index is 0.0337. The average Bonchev–Trinajstić information content (AvgIpc) is 2.20. The lowest BCUT2D eigenvalue weighted by Crippen LogP contribution is -2.27. The van der Waals surface area contributed by atoms with Gasteiger partial charge in [0.05, 0.1) is 10.8 Å². The van der Waals surface area contributed by atoms with E-state index in [0.717, 1.165) is 16.2 Å². The monoisotopic (exact) mass is 240 g/mol. The van der Waals surface area contributed by atoms with Gasteiger partial charge in [0.15, 0.2) is 0 Å². The molecule has 0 unspecified atom stereocenters. The molecule has 0 fully saturated rings. The topological polar surface area (TPSA) is 42.0 Å². The molecular formula is C10H9ClN2OS. The van der Waals surface area contributed by atoms with Gasteiger partial charge in [-0.05, 0) is 13.0 Å². The average molecular weight is 241 g/mol. The van der Waals surface area contributed by atoms with Crippen molar-refractivity contribution >= 4 is 34.2 Å². The molecule has 0 saturated carbocycles. The minimum Gasteiger partial charge on any atom is -0.328 e. The maximum absolute atomic E-state index is 11.1. The van der Waals surface area contributed by atoms with Gasteiger partial charge < -0.3 is 5.32 Å². The number of rotatable bonds is 1. The Morgan fingerprint density at radius 1 is 1.60 bits per heavy atom. The highest BCUT2D eigenvalue weighted by atomic mass is 35.5. The Hall–Kier alpha value is -1.00. The van der Waals surface area contributed by atoms with Crippen LogP contribution in [0.15, 0.2) is 24.2 Å². The van der Waals surface area contributed by atoms with Crippen LogP contribution in [0.1, 0.15) is 12.5 Å². The number of amides is 1. The Labute approximate surface area is 96.9 Å². The second-order valence-corrected chi connectivity index (χ2v) is 4.54. The molecule has 0 spiro atoms. The van der Waals surface area contributed by atoms with Crippen LogP contribution in [0.4, 0.5) is 0 Å². The van der Waals surface area contributed by atoms with E-state index in [4.69, 9.17) is 11.6 Å². The molecule has 0 radical (unpaired) electrons. The van der Waals surface area contributed by atoms with Crippen LogP contribution in [0, 0.1) is 0 Å². The molecule has 15 heavy (non-hydrogen) atoms. The summed E-state index contributed by atoms with van der Waals surface area (Å²) in [6, 6.07) is 1.85. The van der Waals surface area contributed by atoms with Crippen LogP contribution >= 0.6 is 23.4 Å². The molecular weight excluding hydrogens is 232 g/mol. The predicted octanol–water partition coefficient (Wildman–Crippen LogP) is 2.29. The van der Waals surface area contributed by atoms with Gasteiger partial charge in [0.1, 0.15) is 0 Å². The first kappa shape index (κ1) is 10.5. The maximum Gasteiger partial charge on any atom is 0.234 e. The van der Waals surface area contributed by atoms with E-state index >= 15 is 0 Å². The van der Waals surface area contributed by atoms with Gasteiger partial charge in [0.2, 0.25) is 5.91 Å². The number of nitrogens with one attached hydrogen (secondary N) is 1. The Balaban J connectivity index is 2.43. The third-order valence-corrected chi connectivity index (χ3v) is 3.55. The summed E-state index contributed by atoms with van der Waals surface area (Å²) in [5.74, 6) is 0.470. The van der Waals surface area contributed by atoms with Crippen LogP contribution in [0.2, 0.25) is 5.02 Å². The van der Waals surface area contributed by atoms with E-state index in [1.807, 2.05) is 13.0 Å². The molecule has 1 aromatic rings. The molecule has 1 amide bonds. The van der Waals surface area contributed by atoms with E-state index in [1.54, 1.807) is 12.4 Å². The molecule has 1 aliphatic rings. The summed E-state index contributed by atoms with van der Waals surface area (Å²) in [4.78, 5) is 16.1. The van der Waals surface area contributed by atoms with E-state index in [-0.39, 0.29) is 5.91 Å². The molecule has 0 aliphatic carbocycles. The van der Waals surface area contributed by atoms with Gasteiger partial charge in [-0.3, -0.25) is 9.78 Å². The zero-order valence-corrected chi connectivity index (χ0v) is 9.65. The Morgan fingerprint density at radius 2 is 2.40 bits per heavy atom. The van der Waals surface area contributed by atoms with Gasteiger partial charge in [-0.25, -0.2) is 0 Å². The van der Waals surface area contributed by atoms with Crippen molar-refractivity contribution < 1.29 is 4.79 Å². The van der Waals surface area contributed by atoms with Crippen LogP contribution in [-0.4, -0.2) is 16.6 Å². The van der Waals surface area contributed by atoms with Crippen molar-refractivity contribution in [2.24, 2.45) is 0 Å². The third-order valence-electron chi connectivity index (χ3n) is 2.03. The molecule has 2 heterocycles. The lowest BCUT2D eigenvalue weighted by atomic mass is 10.2. The molecule has 1 N–H and O–H groups in total. The summed E-state index contributed by atoms with van der Waals surface area (Å²) < 4.78 is 0. The summed E-state index contributed by atoms with van der Waals surface area (Å²) in [5, 5.41) is 3.40. The van der Waals surface area contributed by atoms with E-state index in [2.05, 4.69) is 10.3 Å². The summed E-state index contributed by atoms with van der Waals surface area (Å²) in [6.45, 7) is 1.87. The number of nitrogens with zero attached hydrogens (tertiary/aromatic N) is 1. The Kier molecular flexibility index (Phi) is 2.98. The van der Waals surface area contributed by atoms with Crippen LogP contribution in [0.25, 0.3) is 4.91 Å². The largest absolute Gasteiger partial charge is 0.328 e. The number of carbonyl (C=O) groups excluding carboxylic acids is 1. The molecule has 0 atom stereocenters. The SMILES string of the molecule is CC1=C(c2ccncc2Cl)SCC(=O)N1. The second-order valence-electron chi connectivity index (χ2n) is 3.15. The van der Waals surface area contributed by atoms with Gasteiger partial charge >= 0.3 is 0 Å². The maximum atomic E-state index is 11.1. The van der Waals surface area contributed by atoms with Crippen molar-refractivity contribution in [2.45, 2.75) is 6.92 Å². The number of thioether (sulfide) groups is 1. The Bertz CT molecular complexity index is 445. The molecule has 2 rings (SSSR count). The first-order chi connectivity index (χ1) is 7.18. The lowest BCUT2D eigenvalue weighted by Gasteiger charge is -2.18. The highest BCUT2D eigenvalue weighted by molar-refractivity contribution is 8.09. The fraction of sp³-hybridized carbons (Fsp3) is 0.200. The number of allylic oxidation sites excluding steroid dienone is 1. The normalized spacial score (nSPS) is 16.5. The van der Waals surface area contributed by atoms with Crippen molar-refractivity contribution in [3.05, 3.63) is 34.7 Å². The zero-order valence-electron chi connectivity index (χ0n) is 8.08. The van der Waals surface area contributed by atoms with Gasteiger partial charge in [-0.2, -0.15) is 0 Å². The fourth-order valence-corrected chi connectivity index (χ4v) is 2.61. The molecule has 0 aromatic carbocycles. The van der Waals surface area contributed by atoms with Crippen LogP contribution in [0.3, 0.4) is 0 Å². The summed E-state index contributed by atoms with van der Waals surface area (Å²) >= 11 is 7.54. The first-order valence-corrected chi connectivity index (χ1v) is 5.78. The molecule has 5 heteroatoms. The quantitative estimate of drug-likeness (QED) is 0.819. The molecule has 3 nitrogen and oxygen atoms in total. The third kappa shape index (κ3) is 2.16. The molecule has 0 saturated heterocycles. The fourth-order valence-electron chi connectivity index (χ4n) is 1.39. The lowest BCUT2D eigenvalue weighted by molar-refractivity contribution is -0.117. The zero-order chi connectivity index (χ0) is 10.8. The van der Waals surface area contributed by atoms with Gasteiger partial charge in [0.25, 0.3) is 0 Å². The van der Waals surface area contributed by atoms with Crippen LogP contribution in [-0.2, 0) is 4.79 Å². The summed E-state index contributed by atoms with van der Waals surface area (Å²) in [5.41, 5.74) is 1.78. The first-order valence-electron chi connectivity index (χ1n) is 4.42. The van der Waals surface area contributed by atoms with Crippen molar-refractivity contribution in [1.29, 1.82) is 0 Å². The van der Waals surface area contributed by atoms with Gasteiger partial charge in [-0.1, -0.05) is 11.6 Å². The highest BCUT2D eigenvalue weighted by Gasteiger charge is 2.18. The van der Waals surface area contributed by atoms with Crippen molar-refractivity contribution in [3.8, 4) is 0 Å². The van der Waals surface area contributed by atoms with Gasteiger partial charge in [-0.15, -0.1) is 11.8 Å². The number of carbonyl (C=O) groups is 1. The van der Waals surface area contributed by atoms with Crippen molar-refractivity contribution in [3.63, 3.8) is 0 Å². The highest BCUT2D eigenvalue weighted by Crippen LogP contribution is 2.35.